The summed E-state index contributed by atoms with van der Waals surface area (Å²) in [5.74, 6) is 0. The zero-order valence-corrected chi connectivity index (χ0v) is 12.8. The van der Waals surface area contributed by atoms with Crippen LogP contribution in [-0.2, 0) is 11.3 Å². The van der Waals surface area contributed by atoms with Gasteiger partial charge in [0.15, 0.2) is 0 Å². The van der Waals surface area contributed by atoms with Crippen molar-refractivity contribution < 1.29 is 4.84 Å². The lowest BCUT2D eigenvalue weighted by atomic mass is 10.0. The van der Waals surface area contributed by atoms with Gasteiger partial charge in [-0.1, -0.05) is 65.8 Å². The molecule has 2 aromatic carbocycles. The molecule has 114 valence electrons. The van der Waals surface area contributed by atoms with Crippen molar-refractivity contribution in [3.63, 3.8) is 0 Å². The van der Waals surface area contributed by atoms with Crippen LogP contribution in [0.4, 0.5) is 0 Å². The maximum atomic E-state index is 5.57. The van der Waals surface area contributed by atoms with Crippen LogP contribution >= 0.6 is 0 Å². The molecule has 1 heterocycles. The molecule has 0 bridgehead atoms. The van der Waals surface area contributed by atoms with Crippen molar-refractivity contribution in [3.05, 3.63) is 102 Å². The molecular formula is C20H18N2O. The molecule has 0 radical (unpaired) electrons. The standard InChI is InChI=1S/C20H18N2O/c1-3-8-17(9-4-1)13-15-23-22-20(18-10-5-2-6-11-18)19-12-7-14-21-16-19/h1-12,14,16H,13,15H2. The van der Waals surface area contributed by atoms with Gasteiger partial charge in [0.1, 0.15) is 12.3 Å². The summed E-state index contributed by atoms with van der Waals surface area (Å²) in [5.41, 5.74) is 4.00. The topological polar surface area (TPSA) is 34.5 Å². The van der Waals surface area contributed by atoms with Gasteiger partial charge in [-0.3, -0.25) is 4.98 Å². The molecule has 0 fully saturated rings. The highest BCUT2D eigenvalue weighted by Gasteiger charge is 2.07. The average Bonchev–Trinajstić information content (AvgIpc) is 2.64. The van der Waals surface area contributed by atoms with E-state index in [1.807, 2.05) is 60.7 Å². The molecule has 0 unspecified atom stereocenters. The highest BCUT2D eigenvalue weighted by molar-refractivity contribution is 6.12. The molecule has 3 heteroatoms. The van der Waals surface area contributed by atoms with E-state index in [0.717, 1.165) is 23.3 Å². The molecule has 0 spiro atoms. The van der Waals surface area contributed by atoms with E-state index >= 15 is 0 Å². The van der Waals surface area contributed by atoms with Gasteiger partial charge >= 0.3 is 0 Å². The summed E-state index contributed by atoms with van der Waals surface area (Å²) in [5, 5.41) is 4.36. The quantitative estimate of drug-likeness (QED) is 0.390. The summed E-state index contributed by atoms with van der Waals surface area (Å²) in [6.07, 6.45) is 4.38. The molecule has 1 aromatic heterocycles. The van der Waals surface area contributed by atoms with Crippen molar-refractivity contribution in [2.45, 2.75) is 6.42 Å². The Hall–Kier alpha value is -2.94. The fourth-order valence-corrected chi connectivity index (χ4v) is 2.29. The molecule has 0 saturated heterocycles. The van der Waals surface area contributed by atoms with Crippen molar-refractivity contribution in [2.24, 2.45) is 5.16 Å². The highest BCUT2D eigenvalue weighted by Crippen LogP contribution is 2.10. The Bertz CT molecular complexity index is 699. The second kappa shape index (κ2) is 7.90. The normalized spacial score (nSPS) is 11.2. The van der Waals surface area contributed by atoms with E-state index in [4.69, 9.17) is 4.84 Å². The molecule has 3 nitrogen and oxygen atoms in total. The number of benzene rings is 2. The Kier molecular flexibility index (Phi) is 5.14. The number of oxime groups is 1. The maximum Gasteiger partial charge on any atom is 0.121 e. The maximum absolute atomic E-state index is 5.57. The number of aromatic nitrogens is 1. The summed E-state index contributed by atoms with van der Waals surface area (Å²) < 4.78 is 0. The fourth-order valence-electron chi connectivity index (χ4n) is 2.29. The SMILES string of the molecule is c1ccc(CCON=C(c2ccccc2)c2cccnc2)cc1. The van der Waals surface area contributed by atoms with E-state index in [-0.39, 0.29) is 0 Å². The van der Waals surface area contributed by atoms with Crippen LogP contribution in [0, 0.1) is 0 Å². The van der Waals surface area contributed by atoms with Crippen LogP contribution in [0.5, 0.6) is 0 Å². The molecule has 0 N–H and O–H groups in total. The number of nitrogens with zero attached hydrogens (tertiary/aromatic N) is 2. The Morgan fingerprint density at radius 3 is 2.22 bits per heavy atom. The minimum absolute atomic E-state index is 0.542. The first kappa shape index (κ1) is 15.0. The van der Waals surface area contributed by atoms with Crippen LogP contribution in [0.15, 0.2) is 90.3 Å². The molecule has 3 aromatic rings. The van der Waals surface area contributed by atoms with Crippen molar-refractivity contribution in [1.29, 1.82) is 0 Å². The smallest absolute Gasteiger partial charge is 0.121 e. The molecule has 0 aliphatic heterocycles. The first-order valence-corrected chi connectivity index (χ1v) is 7.63. The van der Waals surface area contributed by atoms with Crippen molar-refractivity contribution >= 4 is 5.71 Å². The average molecular weight is 302 g/mol. The van der Waals surface area contributed by atoms with Gasteiger partial charge in [-0.05, 0) is 17.7 Å². The predicted octanol–water partition coefficient (Wildman–Crippen LogP) is 4.09. The zero-order chi connectivity index (χ0) is 15.7. The van der Waals surface area contributed by atoms with Crippen LogP contribution < -0.4 is 0 Å². The fraction of sp³-hybridized carbons (Fsp3) is 0.100. The third-order valence-corrected chi connectivity index (χ3v) is 3.46. The van der Waals surface area contributed by atoms with Crippen molar-refractivity contribution in [1.82, 2.24) is 4.98 Å². The van der Waals surface area contributed by atoms with Crippen LogP contribution in [0.25, 0.3) is 0 Å². The monoisotopic (exact) mass is 302 g/mol. The second-order valence-corrected chi connectivity index (χ2v) is 5.12. The largest absolute Gasteiger partial charge is 0.395 e. The number of hydrogen-bond donors (Lipinski definition) is 0. The van der Waals surface area contributed by atoms with Gasteiger partial charge in [0.25, 0.3) is 0 Å². The zero-order valence-electron chi connectivity index (χ0n) is 12.8. The molecule has 0 aliphatic carbocycles. The molecular weight excluding hydrogens is 284 g/mol. The van der Waals surface area contributed by atoms with E-state index in [0.29, 0.717) is 6.61 Å². The third kappa shape index (κ3) is 4.27. The van der Waals surface area contributed by atoms with E-state index in [2.05, 4.69) is 22.3 Å². The summed E-state index contributed by atoms with van der Waals surface area (Å²) in [4.78, 5) is 9.74. The van der Waals surface area contributed by atoms with Gasteiger partial charge in [-0.15, -0.1) is 0 Å². The molecule has 0 amide bonds. The van der Waals surface area contributed by atoms with Gasteiger partial charge in [0, 0.05) is 29.9 Å². The van der Waals surface area contributed by atoms with Crippen LogP contribution in [0.1, 0.15) is 16.7 Å². The molecule has 3 rings (SSSR count). The Morgan fingerprint density at radius 1 is 0.826 bits per heavy atom. The van der Waals surface area contributed by atoms with Gasteiger partial charge in [-0.2, -0.15) is 0 Å². The van der Waals surface area contributed by atoms with Crippen molar-refractivity contribution in [2.75, 3.05) is 6.61 Å². The van der Waals surface area contributed by atoms with E-state index in [1.165, 1.54) is 5.56 Å². The lowest BCUT2D eigenvalue weighted by Crippen LogP contribution is -2.05. The molecule has 0 aliphatic rings. The van der Waals surface area contributed by atoms with Crippen LogP contribution in [-0.4, -0.2) is 17.3 Å². The third-order valence-electron chi connectivity index (χ3n) is 3.46. The minimum Gasteiger partial charge on any atom is -0.395 e. The Labute approximate surface area is 136 Å². The lowest BCUT2D eigenvalue weighted by molar-refractivity contribution is 0.148. The van der Waals surface area contributed by atoms with E-state index in [9.17, 15) is 0 Å². The second-order valence-electron chi connectivity index (χ2n) is 5.12. The molecule has 23 heavy (non-hydrogen) atoms. The Morgan fingerprint density at radius 2 is 1.52 bits per heavy atom. The predicted molar refractivity (Wildman–Crippen MR) is 92.4 cm³/mol. The minimum atomic E-state index is 0.542. The van der Waals surface area contributed by atoms with Crippen LogP contribution in [0.2, 0.25) is 0 Å². The highest BCUT2D eigenvalue weighted by atomic mass is 16.6. The van der Waals surface area contributed by atoms with E-state index in [1.54, 1.807) is 12.4 Å². The molecule has 0 saturated carbocycles. The summed E-state index contributed by atoms with van der Waals surface area (Å²) in [6.45, 7) is 0.542. The number of rotatable bonds is 6. The first-order chi connectivity index (χ1) is 11.4. The van der Waals surface area contributed by atoms with E-state index < -0.39 is 0 Å². The number of pyridine rings is 1. The van der Waals surface area contributed by atoms with Gasteiger partial charge < -0.3 is 4.84 Å². The summed E-state index contributed by atoms with van der Waals surface area (Å²) >= 11 is 0. The summed E-state index contributed by atoms with van der Waals surface area (Å²) in [7, 11) is 0. The number of hydrogen-bond acceptors (Lipinski definition) is 3. The summed E-state index contributed by atoms with van der Waals surface area (Å²) in [6, 6.07) is 24.2. The van der Waals surface area contributed by atoms with Gasteiger partial charge in [0.2, 0.25) is 0 Å². The first-order valence-electron chi connectivity index (χ1n) is 7.63. The van der Waals surface area contributed by atoms with Gasteiger partial charge in [0.05, 0.1) is 0 Å². The lowest BCUT2D eigenvalue weighted by Gasteiger charge is -2.07. The molecule has 0 atom stereocenters. The van der Waals surface area contributed by atoms with Crippen molar-refractivity contribution in [3.8, 4) is 0 Å². The van der Waals surface area contributed by atoms with Gasteiger partial charge in [-0.25, -0.2) is 0 Å². The van der Waals surface area contributed by atoms with Crippen LogP contribution in [0.3, 0.4) is 0 Å². The Balaban J connectivity index is 1.73.